The zero-order valence-electron chi connectivity index (χ0n) is 12.4. The van der Waals surface area contributed by atoms with Gasteiger partial charge in [0.1, 0.15) is 5.75 Å². The molecule has 3 heteroatoms. The van der Waals surface area contributed by atoms with Crippen molar-refractivity contribution in [2.45, 2.75) is 19.3 Å². The van der Waals surface area contributed by atoms with Gasteiger partial charge in [-0.1, -0.05) is 25.1 Å². The molecule has 0 radical (unpaired) electrons. The molecule has 1 aromatic carbocycles. The van der Waals surface area contributed by atoms with Crippen molar-refractivity contribution < 1.29 is 4.74 Å². The Balaban J connectivity index is 1.93. The quantitative estimate of drug-likeness (QED) is 0.851. The Morgan fingerprint density at radius 1 is 1.42 bits per heavy atom. The summed E-state index contributed by atoms with van der Waals surface area (Å²) < 4.78 is 5.73. The molecule has 0 spiro atoms. The lowest BCUT2D eigenvalue weighted by Crippen LogP contribution is -2.33. The molecule has 0 saturated heterocycles. The van der Waals surface area contributed by atoms with Crippen LogP contribution in [0.15, 0.2) is 24.3 Å². The van der Waals surface area contributed by atoms with Crippen LogP contribution >= 0.6 is 0 Å². The van der Waals surface area contributed by atoms with E-state index in [1.165, 1.54) is 5.56 Å². The number of benzene rings is 1. The predicted molar refractivity (Wildman–Crippen MR) is 79.9 cm³/mol. The van der Waals surface area contributed by atoms with Crippen molar-refractivity contribution in [1.82, 2.24) is 10.2 Å². The molecule has 0 bridgehead atoms. The highest BCUT2D eigenvalue weighted by Crippen LogP contribution is 2.33. The Kier molecular flexibility index (Phi) is 5.23. The van der Waals surface area contributed by atoms with E-state index in [1.807, 2.05) is 7.05 Å². The summed E-state index contributed by atoms with van der Waals surface area (Å²) in [6.07, 6.45) is 1.13. The number of nitrogens with one attached hydrogen (secondary N) is 1. The second kappa shape index (κ2) is 6.92. The molecule has 1 N–H and O–H groups in total. The molecule has 0 fully saturated rings. The van der Waals surface area contributed by atoms with Gasteiger partial charge in [-0.2, -0.15) is 0 Å². The van der Waals surface area contributed by atoms with Crippen molar-refractivity contribution in [3.05, 3.63) is 29.8 Å². The van der Waals surface area contributed by atoms with Crippen LogP contribution in [-0.4, -0.2) is 45.2 Å². The van der Waals surface area contributed by atoms with Crippen LogP contribution in [0, 0.1) is 5.92 Å². The van der Waals surface area contributed by atoms with Gasteiger partial charge in [-0.3, -0.25) is 0 Å². The van der Waals surface area contributed by atoms with Gasteiger partial charge in [0.05, 0.1) is 6.61 Å². The SMILES string of the molecule is CNCC(C)CN(C)CC1CCOc2ccccc21. The number of hydrogen-bond donors (Lipinski definition) is 1. The molecule has 2 unspecified atom stereocenters. The van der Waals surface area contributed by atoms with Gasteiger partial charge >= 0.3 is 0 Å². The molecule has 0 saturated carbocycles. The summed E-state index contributed by atoms with van der Waals surface area (Å²) in [4.78, 5) is 2.45. The standard InChI is InChI=1S/C16H26N2O/c1-13(10-17-2)11-18(3)12-14-8-9-19-16-7-5-4-6-15(14)16/h4-7,13-14,17H,8-12H2,1-3H3. The van der Waals surface area contributed by atoms with Gasteiger partial charge in [-0.25, -0.2) is 0 Å². The molecule has 0 aliphatic carbocycles. The second-order valence-electron chi connectivity index (χ2n) is 5.76. The summed E-state index contributed by atoms with van der Waals surface area (Å²) in [6.45, 7) is 6.48. The lowest BCUT2D eigenvalue weighted by molar-refractivity contribution is 0.218. The first-order valence-electron chi connectivity index (χ1n) is 7.25. The fraction of sp³-hybridized carbons (Fsp3) is 0.625. The molecule has 19 heavy (non-hydrogen) atoms. The number of rotatable bonds is 6. The third-order valence-electron chi connectivity index (χ3n) is 3.79. The number of nitrogens with zero attached hydrogens (tertiary/aromatic N) is 1. The minimum atomic E-state index is 0.608. The van der Waals surface area contributed by atoms with E-state index in [9.17, 15) is 0 Å². The minimum Gasteiger partial charge on any atom is -0.493 e. The van der Waals surface area contributed by atoms with Crippen molar-refractivity contribution in [2.75, 3.05) is 40.3 Å². The molecule has 0 aromatic heterocycles. The Morgan fingerprint density at radius 3 is 3.00 bits per heavy atom. The summed E-state index contributed by atoms with van der Waals surface area (Å²) in [5, 5.41) is 3.25. The summed E-state index contributed by atoms with van der Waals surface area (Å²) in [5.41, 5.74) is 1.38. The Hall–Kier alpha value is -1.06. The van der Waals surface area contributed by atoms with Crippen LogP contribution < -0.4 is 10.1 Å². The van der Waals surface area contributed by atoms with Crippen LogP contribution in [-0.2, 0) is 0 Å². The highest BCUT2D eigenvalue weighted by atomic mass is 16.5. The van der Waals surface area contributed by atoms with Crippen molar-refractivity contribution in [3.8, 4) is 5.75 Å². The largest absolute Gasteiger partial charge is 0.493 e. The van der Waals surface area contributed by atoms with Gasteiger partial charge in [0.15, 0.2) is 0 Å². The van der Waals surface area contributed by atoms with E-state index in [2.05, 4.69) is 48.5 Å². The summed E-state index contributed by atoms with van der Waals surface area (Å²) in [7, 11) is 4.25. The van der Waals surface area contributed by atoms with Crippen LogP contribution in [0.25, 0.3) is 0 Å². The first-order chi connectivity index (χ1) is 9.20. The number of hydrogen-bond acceptors (Lipinski definition) is 3. The number of fused-ring (bicyclic) bond motifs is 1. The summed E-state index contributed by atoms with van der Waals surface area (Å²) in [5.74, 6) is 2.37. The average molecular weight is 262 g/mol. The smallest absolute Gasteiger partial charge is 0.122 e. The van der Waals surface area contributed by atoms with E-state index in [-0.39, 0.29) is 0 Å². The van der Waals surface area contributed by atoms with Crippen LogP contribution in [0.1, 0.15) is 24.8 Å². The molecule has 0 amide bonds. The van der Waals surface area contributed by atoms with E-state index >= 15 is 0 Å². The van der Waals surface area contributed by atoms with Gasteiger partial charge in [0, 0.05) is 19.0 Å². The van der Waals surface area contributed by atoms with E-state index in [0.717, 1.165) is 38.4 Å². The number of ether oxygens (including phenoxy) is 1. The highest BCUT2D eigenvalue weighted by molar-refractivity contribution is 5.37. The van der Waals surface area contributed by atoms with Crippen LogP contribution in [0.4, 0.5) is 0 Å². The number of likely N-dealkylation sites (N-methyl/N-ethyl adjacent to an activating group) is 1. The fourth-order valence-corrected chi connectivity index (χ4v) is 3.00. The highest BCUT2D eigenvalue weighted by Gasteiger charge is 2.22. The van der Waals surface area contributed by atoms with Crippen molar-refractivity contribution >= 4 is 0 Å². The minimum absolute atomic E-state index is 0.608. The van der Waals surface area contributed by atoms with Gasteiger partial charge in [0.2, 0.25) is 0 Å². The zero-order valence-corrected chi connectivity index (χ0v) is 12.4. The molecule has 1 aromatic rings. The molecule has 1 aliphatic heterocycles. The zero-order chi connectivity index (χ0) is 13.7. The topological polar surface area (TPSA) is 24.5 Å². The maximum atomic E-state index is 5.73. The molecule has 3 nitrogen and oxygen atoms in total. The van der Waals surface area contributed by atoms with Crippen LogP contribution in [0.2, 0.25) is 0 Å². The molecule has 106 valence electrons. The van der Waals surface area contributed by atoms with E-state index in [0.29, 0.717) is 11.8 Å². The molecule has 1 aliphatic rings. The lowest BCUT2D eigenvalue weighted by atomic mass is 9.92. The molecule has 2 atom stereocenters. The normalized spacial score (nSPS) is 19.9. The molecular formula is C16H26N2O. The lowest BCUT2D eigenvalue weighted by Gasteiger charge is -2.30. The molecule has 1 heterocycles. The third kappa shape index (κ3) is 3.95. The van der Waals surface area contributed by atoms with E-state index in [4.69, 9.17) is 4.74 Å². The predicted octanol–water partition coefficient (Wildman–Crippen LogP) is 2.34. The van der Waals surface area contributed by atoms with Crippen LogP contribution in [0.3, 0.4) is 0 Å². The maximum absolute atomic E-state index is 5.73. The first kappa shape index (κ1) is 14.4. The molecule has 2 rings (SSSR count). The third-order valence-corrected chi connectivity index (χ3v) is 3.79. The van der Waals surface area contributed by atoms with Crippen molar-refractivity contribution in [2.24, 2.45) is 5.92 Å². The van der Waals surface area contributed by atoms with Gasteiger partial charge in [0.25, 0.3) is 0 Å². The van der Waals surface area contributed by atoms with Crippen molar-refractivity contribution in [3.63, 3.8) is 0 Å². The van der Waals surface area contributed by atoms with Gasteiger partial charge in [-0.15, -0.1) is 0 Å². The van der Waals surface area contributed by atoms with E-state index in [1.54, 1.807) is 0 Å². The Labute approximate surface area is 116 Å². The van der Waals surface area contributed by atoms with Crippen LogP contribution in [0.5, 0.6) is 5.75 Å². The van der Waals surface area contributed by atoms with Gasteiger partial charge in [-0.05, 0) is 44.6 Å². The summed E-state index contributed by atoms with van der Waals surface area (Å²) >= 11 is 0. The van der Waals surface area contributed by atoms with E-state index < -0.39 is 0 Å². The monoisotopic (exact) mass is 262 g/mol. The summed E-state index contributed by atoms with van der Waals surface area (Å²) in [6, 6.07) is 8.47. The molecular weight excluding hydrogens is 236 g/mol. The Bertz CT molecular complexity index is 394. The van der Waals surface area contributed by atoms with Crippen molar-refractivity contribution in [1.29, 1.82) is 0 Å². The Morgan fingerprint density at radius 2 is 2.21 bits per heavy atom. The first-order valence-corrected chi connectivity index (χ1v) is 7.25. The number of para-hydroxylation sites is 1. The fourth-order valence-electron chi connectivity index (χ4n) is 3.00. The average Bonchev–Trinajstić information content (AvgIpc) is 2.39. The maximum Gasteiger partial charge on any atom is 0.122 e. The van der Waals surface area contributed by atoms with Gasteiger partial charge < -0.3 is 15.0 Å². The second-order valence-corrected chi connectivity index (χ2v) is 5.76.